The fraction of sp³-hybridized carbons (Fsp3) is 0.320. The van der Waals surface area contributed by atoms with Crippen LogP contribution in [0.1, 0.15) is 26.3 Å². The van der Waals surface area contributed by atoms with Crippen LogP contribution in [0.3, 0.4) is 0 Å². The van der Waals surface area contributed by atoms with E-state index in [2.05, 4.69) is 15.5 Å². The van der Waals surface area contributed by atoms with E-state index in [4.69, 9.17) is 25.6 Å². The summed E-state index contributed by atoms with van der Waals surface area (Å²) in [7, 11) is 3.35. The molecule has 4 aromatic rings. The minimum absolute atomic E-state index is 0.0212. The summed E-state index contributed by atoms with van der Waals surface area (Å²) in [6.45, 7) is 6.18. The molecule has 34 heavy (non-hydrogen) atoms. The van der Waals surface area contributed by atoms with Crippen molar-refractivity contribution in [3.05, 3.63) is 53.2 Å². The van der Waals surface area contributed by atoms with Gasteiger partial charge in [0.05, 0.1) is 23.8 Å². The third kappa shape index (κ3) is 4.78. The zero-order chi connectivity index (χ0) is 24.4. The average Bonchev–Trinajstić information content (AvgIpc) is 3.43. The van der Waals surface area contributed by atoms with E-state index in [1.807, 2.05) is 55.9 Å². The number of aromatic nitrogens is 3. The number of aryl methyl sites for hydroxylation is 1. The van der Waals surface area contributed by atoms with Crippen LogP contribution in [0.5, 0.6) is 5.75 Å². The second-order valence-electron chi connectivity index (χ2n) is 8.33. The van der Waals surface area contributed by atoms with Gasteiger partial charge in [-0.25, -0.2) is 0 Å². The molecule has 0 bridgehead atoms. The number of nitrogens with one attached hydrogen (secondary N) is 1. The molecule has 178 valence electrons. The summed E-state index contributed by atoms with van der Waals surface area (Å²) in [5.74, 6) is 1.15. The number of hydrogen-bond acceptors (Lipinski definition) is 7. The molecule has 1 N–H and O–H groups in total. The Balaban J connectivity index is 1.63. The number of nitrogens with zero attached hydrogens (tertiary/aromatic N) is 3. The predicted molar refractivity (Wildman–Crippen MR) is 131 cm³/mol. The van der Waals surface area contributed by atoms with Crippen molar-refractivity contribution in [3.8, 4) is 28.6 Å². The van der Waals surface area contributed by atoms with E-state index in [0.717, 1.165) is 22.0 Å². The number of halogens is 1. The van der Waals surface area contributed by atoms with Crippen LogP contribution in [0.4, 0.5) is 0 Å². The minimum atomic E-state index is -0.410. The zero-order valence-corrected chi connectivity index (χ0v) is 20.5. The van der Waals surface area contributed by atoms with Gasteiger partial charge >= 0.3 is 5.97 Å². The fourth-order valence-electron chi connectivity index (χ4n) is 3.83. The van der Waals surface area contributed by atoms with Gasteiger partial charge in [-0.3, -0.25) is 4.79 Å². The Morgan fingerprint density at radius 3 is 2.74 bits per heavy atom. The van der Waals surface area contributed by atoms with E-state index in [9.17, 15) is 4.79 Å². The lowest BCUT2D eigenvalue weighted by atomic mass is 10.1. The summed E-state index contributed by atoms with van der Waals surface area (Å²) in [5.41, 5.74) is 3.57. The SMILES string of the molecule is COC(=O)[C@@H](C)NCc1cn(C)c2c(-c3noc(-c4ccc(OC(C)C)c(Cl)c4)n3)cccc12. The minimum Gasteiger partial charge on any atom is -0.489 e. The van der Waals surface area contributed by atoms with Gasteiger partial charge in [-0.1, -0.05) is 28.9 Å². The van der Waals surface area contributed by atoms with Gasteiger partial charge in [0.15, 0.2) is 0 Å². The molecular formula is C25H27ClN4O4. The molecule has 0 aliphatic heterocycles. The lowest BCUT2D eigenvalue weighted by molar-refractivity contribution is -0.142. The van der Waals surface area contributed by atoms with Gasteiger partial charge in [0.25, 0.3) is 5.89 Å². The summed E-state index contributed by atoms with van der Waals surface area (Å²) in [6, 6.07) is 10.9. The van der Waals surface area contributed by atoms with E-state index < -0.39 is 6.04 Å². The van der Waals surface area contributed by atoms with E-state index >= 15 is 0 Å². The molecule has 2 heterocycles. The molecule has 0 aliphatic rings. The Morgan fingerprint density at radius 1 is 1.24 bits per heavy atom. The maximum atomic E-state index is 11.7. The Hall–Kier alpha value is -3.36. The Morgan fingerprint density at radius 2 is 2.03 bits per heavy atom. The molecule has 9 heteroatoms. The van der Waals surface area contributed by atoms with Crippen LogP contribution in [0.25, 0.3) is 33.7 Å². The predicted octanol–water partition coefficient (Wildman–Crippen LogP) is 4.99. The maximum absolute atomic E-state index is 11.7. The molecule has 0 spiro atoms. The smallest absolute Gasteiger partial charge is 0.322 e. The van der Waals surface area contributed by atoms with Crippen molar-refractivity contribution >= 4 is 28.5 Å². The molecule has 0 fully saturated rings. The summed E-state index contributed by atoms with van der Waals surface area (Å²) in [4.78, 5) is 16.3. The monoisotopic (exact) mass is 482 g/mol. The number of carbonyl (C=O) groups excluding carboxylic acids is 1. The van der Waals surface area contributed by atoms with Crippen molar-refractivity contribution < 1.29 is 18.8 Å². The van der Waals surface area contributed by atoms with Gasteiger partial charge in [-0.2, -0.15) is 4.98 Å². The highest BCUT2D eigenvalue weighted by Crippen LogP contribution is 2.33. The third-order valence-electron chi connectivity index (χ3n) is 5.45. The first-order valence-corrected chi connectivity index (χ1v) is 11.3. The van der Waals surface area contributed by atoms with Gasteiger partial charge in [0, 0.05) is 36.3 Å². The normalized spacial score (nSPS) is 12.3. The van der Waals surface area contributed by atoms with Crippen LogP contribution >= 0.6 is 11.6 Å². The van der Waals surface area contributed by atoms with Gasteiger partial charge in [-0.05, 0) is 50.6 Å². The van der Waals surface area contributed by atoms with Gasteiger partial charge < -0.3 is 23.9 Å². The average molecular weight is 483 g/mol. The van der Waals surface area contributed by atoms with E-state index in [0.29, 0.717) is 34.6 Å². The van der Waals surface area contributed by atoms with Crippen LogP contribution in [0.15, 0.2) is 47.1 Å². The molecule has 1 atom stereocenters. The van der Waals surface area contributed by atoms with Gasteiger partial charge in [-0.15, -0.1) is 0 Å². The lowest BCUT2D eigenvalue weighted by Crippen LogP contribution is -2.34. The van der Waals surface area contributed by atoms with Crippen molar-refractivity contribution in [2.75, 3.05) is 7.11 Å². The quantitative estimate of drug-likeness (QED) is 0.354. The first kappa shape index (κ1) is 23.8. The van der Waals surface area contributed by atoms with E-state index in [1.54, 1.807) is 19.1 Å². The third-order valence-corrected chi connectivity index (χ3v) is 5.74. The number of carbonyl (C=O) groups is 1. The van der Waals surface area contributed by atoms with E-state index in [1.165, 1.54) is 7.11 Å². The molecule has 4 rings (SSSR count). The van der Waals surface area contributed by atoms with Crippen LogP contribution in [0, 0.1) is 0 Å². The highest BCUT2D eigenvalue weighted by Gasteiger charge is 2.19. The molecule has 8 nitrogen and oxygen atoms in total. The molecule has 0 amide bonds. The summed E-state index contributed by atoms with van der Waals surface area (Å²) in [6.07, 6.45) is 2.05. The van der Waals surface area contributed by atoms with Crippen molar-refractivity contribution in [1.29, 1.82) is 0 Å². The summed E-state index contributed by atoms with van der Waals surface area (Å²) < 4.78 is 18.1. The molecule has 2 aromatic carbocycles. The first-order chi connectivity index (χ1) is 16.3. The molecule has 2 aromatic heterocycles. The highest BCUT2D eigenvalue weighted by molar-refractivity contribution is 6.32. The maximum Gasteiger partial charge on any atom is 0.322 e. The topological polar surface area (TPSA) is 91.4 Å². The van der Waals surface area contributed by atoms with Crippen molar-refractivity contribution in [1.82, 2.24) is 20.0 Å². The van der Waals surface area contributed by atoms with Crippen LogP contribution in [0.2, 0.25) is 5.02 Å². The van der Waals surface area contributed by atoms with Crippen LogP contribution in [-0.4, -0.2) is 39.9 Å². The Labute approximate surface area is 202 Å². The Bertz CT molecular complexity index is 1330. The number of esters is 1. The van der Waals surface area contributed by atoms with Gasteiger partial charge in [0.1, 0.15) is 11.8 Å². The molecule has 0 saturated carbocycles. The molecule has 0 unspecified atom stereocenters. The number of methoxy groups -OCH3 is 1. The Kier molecular flexibility index (Phi) is 6.90. The standard InChI is InChI=1S/C25H27ClN4O4/c1-14(2)33-21-10-9-16(11-20(21)26)24-28-23(29-34-24)19-8-6-7-18-17(13-30(4)22(18)19)12-27-15(3)25(31)32-5/h6-11,13-15,27H,12H2,1-5H3/t15-/m1/s1. The van der Waals surface area contributed by atoms with Crippen LogP contribution in [-0.2, 0) is 23.1 Å². The number of fused-ring (bicyclic) bond motifs is 1. The van der Waals surface area contributed by atoms with Gasteiger partial charge in [0.2, 0.25) is 5.82 Å². The molecule has 0 saturated heterocycles. The molecule has 0 aliphatic carbocycles. The number of rotatable bonds is 8. The summed E-state index contributed by atoms with van der Waals surface area (Å²) in [5, 5.41) is 8.94. The second kappa shape index (κ2) is 9.87. The highest BCUT2D eigenvalue weighted by atomic mass is 35.5. The van der Waals surface area contributed by atoms with Crippen molar-refractivity contribution in [3.63, 3.8) is 0 Å². The van der Waals surface area contributed by atoms with E-state index in [-0.39, 0.29) is 12.1 Å². The fourth-order valence-corrected chi connectivity index (χ4v) is 4.05. The largest absolute Gasteiger partial charge is 0.489 e. The van der Waals surface area contributed by atoms with Crippen molar-refractivity contribution in [2.45, 2.75) is 39.5 Å². The number of benzene rings is 2. The first-order valence-electron chi connectivity index (χ1n) is 11.0. The lowest BCUT2D eigenvalue weighted by Gasteiger charge is -2.11. The number of para-hydroxylation sites is 1. The summed E-state index contributed by atoms with van der Waals surface area (Å²) >= 11 is 6.38. The molecule has 0 radical (unpaired) electrons. The zero-order valence-electron chi connectivity index (χ0n) is 19.8. The molecular weight excluding hydrogens is 456 g/mol. The van der Waals surface area contributed by atoms with Crippen LogP contribution < -0.4 is 10.1 Å². The second-order valence-corrected chi connectivity index (χ2v) is 8.73. The number of ether oxygens (including phenoxy) is 2. The van der Waals surface area contributed by atoms with Crippen molar-refractivity contribution in [2.24, 2.45) is 7.05 Å². The number of hydrogen-bond donors (Lipinski definition) is 1.